The molecule has 1 saturated heterocycles. The van der Waals surface area contributed by atoms with Gasteiger partial charge in [0.2, 0.25) is 5.91 Å². The third kappa shape index (κ3) is 6.08. The fourth-order valence-electron chi connectivity index (χ4n) is 3.04. The standard InChI is InChI=1S/C23H23BrN2O6S/c1-4-31-16-8-6-15(7-9-16)25-20(27)13-26-22(28)19(33-23(26)29)12-14-10-17(24)21(32-5-2)18(11-14)30-3/h6-12H,4-5,13H2,1-3H3,(H,25,27)/b19-12+. The number of nitrogens with zero attached hydrogens (tertiary/aromatic N) is 1. The van der Waals surface area contributed by atoms with Gasteiger partial charge in [0.25, 0.3) is 11.1 Å². The highest BCUT2D eigenvalue weighted by molar-refractivity contribution is 9.10. The number of carbonyl (C=O) groups is 3. The zero-order chi connectivity index (χ0) is 24.0. The maximum Gasteiger partial charge on any atom is 0.294 e. The van der Waals surface area contributed by atoms with Crippen LogP contribution in [0.25, 0.3) is 6.08 Å². The Kier molecular flexibility index (Phi) is 8.40. The van der Waals surface area contributed by atoms with E-state index in [0.29, 0.717) is 46.2 Å². The van der Waals surface area contributed by atoms with Gasteiger partial charge in [-0.2, -0.15) is 0 Å². The van der Waals surface area contributed by atoms with E-state index < -0.39 is 17.1 Å². The molecule has 1 N–H and O–H groups in total. The lowest BCUT2D eigenvalue weighted by Crippen LogP contribution is -2.36. The van der Waals surface area contributed by atoms with Crippen LogP contribution in [-0.2, 0) is 9.59 Å². The number of thioether (sulfide) groups is 1. The number of hydrogen-bond donors (Lipinski definition) is 1. The summed E-state index contributed by atoms with van der Waals surface area (Å²) in [6.45, 7) is 4.36. The highest BCUT2D eigenvalue weighted by atomic mass is 79.9. The van der Waals surface area contributed by atoms with E-state index >= 15 is 0 Å². The molecule has 1 fully saturated rings. The maximum atomic E-state index is 12.8. The molecule has 2 aromatic rings. The molecule has 3 amide bonds. The van der Waals surface area contributed by atoms with Gasteiger partial charge in [-0.1, -0.05) is 0 Å². The van der Waals surface area contributed by atoms with Crippen molar-refractivity contribution in [2.75, 3.05) is 32.2 Å². The average Bonchev–Trinajstić information content (AvgIpc) is 3.04. The van der Waals surface area contributed by atoms with Crippen molar-refractivity contribution in [3.8, 4) is 17.2 Å². The first kappa shape index (κ1) is 24.7. The predicted octanol–water partition coefficient (Wildman–Crippen LogP) is 4.93. The number of imide groups is 1. The van der Waals surface area contributed by atoms with Crippen molar-refractivity contribution in [2.45, 2.75) is 13.8 Å². The van der Waals surface area contributed by atoms with Crippen molar-refractivity contribution < 1.29 is 28.6 Å². The lowest BCUT2D eigenvalue weighted by Gasteiger charge is -2.13. The summed E-state index contributed by atoms with van der Waals surface area (Å²) in [6, 6.07) is 10.3. The molecule has 10 heteroatoms. The Morgan fingerprint density at radius 3 is 2.45 bits per heavy atom. The van der Waals surface area contributed by atoms with Crippen molar-refractivity contribution >= 4 is 56.5 Å². The van der Waals surface area contributed by atoms with E-state index in [9.17, 15) is 14.4 Å². The average molecular weight is 535 g/mol. The van der Waals surface area contributed by atoms with Crippen molar-refractivity contribution in [1.82, 2.24) is 4.90 Å². The van der Waals surface area contributed by atoms with Crippen molar-refractivity contribution in [3.63, 3.8) is 0 Å². The number of ether oxygens (including phenoxy) is 3. The molecule has 0 aliphatic carbocycles. The van der Waals surface area contributed by atoms with Gasteiger partial charge >= 0.3 is 0 Å². The molecule has 0 atom stereocenters. The molecule has 2 aromatic carbocycles. The quantitative estimate of drug-likeness (QED) is 0.455. The van der Waals surface area contributed by atoms with Gasteiger partial charge in [-0.05, 0) is 89.6 Å². The van der Waals surface area contributed by atoms with E-state index in [1.165, 1.54) is 7.11 Å². The smallest absolute Gasteiger partial charge is 0.294 e. The summed E-state index contributed by atoms with van der Waals surface area (Å²) in [5.74, 6) is 0.718. The predicted molar refractivity (Wildman–Crippen MR) is 131 cm³/mol. The molecule has 1 aliphatic heterocycles. The van der Waals surface area contributed by atoms with Crippen molar-refractivity contribution in [2.24, 2.45) is 0 Å². The van der Waals surface area contributed by atoms with E-state index in [-0.39, 0.29) is 11.4 Å². The van der Waals surface area contributed by atoms with Crippen molar-refractivity contribution in [1.29, 1.82) is 0 Å². The molecule has 33 heavy (non-hydrogen) atoms. The second kappa shape index (κ2) is 11.2. The second-order valence-corrected chi connectivity index (χ2v) is 8.59. The first-order chi connectivity index (χ1) is 15.9. The van der Waals surface area contributed by atoms with Crippen LogP contribution in [-0.4, -0.2) is 48.8 Å². The first-order valence-electron chi connectivity index (χ1n) is 10.1. The van der Waals surface area contributed by atoms with Gasteiger partial charge in [0.05, 0.1) is 29.7 Å². The molecule has 0 unspecified atom stereocenters. The molecule has 1 aliphatic rings. The van der Waals surface area contributed by atoms with E-state index in [4.69, 9.17) is 14.2 Å². The molecular formula is C23H23BrN2O6S. The third-order valence-corrected chi connectivity index (χ3v) is 5.96. The van der Waals surface area contributed by atoms with Gasteiger partial charge in [-0.25, -0.2) is 0 Å². The van der Waals surface area contributed by atoms with Crippen LogP contribution < -0.4 is 19.5 Å². The summed E-state index contributed by atoms with van der Waals surface area (Å²) in [4.78, 5) is 38.7. The number of halogens is 1. The Morgan fingerprint density at radius 2 is 1.82 bits per heavy atom. The molecule has 0 spiro atoms. The second-order valence-electron chi connectivity index (χ2n) is 6.74. The molecule has 0 saturated carbocycles. The zero-order valence-electron chi connectivity index (χ0n) is 18.3. The number of rotatable bonds is 9. The molecule has 0 bridgehead atoms. The molecule has 1 heterocycles. The van der Waals surface area contributed by atoms with E-state index in [1.807, 2.05) is 13.8 Å². The van der Waals surface area contributed by atoms with E-state index in [2.05, 4.69) is 21.2 Å². The number of benzene rings is 2. The molecule has 3 rings (SSSR count). The molecule has 0 aromatic heterocycles. The van der Waals surface area contributed by atoms with Crippen LogP contribution in [0, 0.1) is 0 Å². The number of nitrogens with one attached hydrogen (secondary N) is 1. The zero-order valence-corrected chi connectivity index (χ0v) is 20.7. The third-order valence-electron chi connectivity index (χ3n) is 4.46. The normalized spacial score (nSPS) is 14.5. The Morgan fingerprint density at radius 1 is 1.12 bits per heavy atom. The van der Waals surface area contributed by atoms with E-state index in [0.717, 1.165) is 16.7 Å². The van der Waals surface area contributed by atoms with Crippen LogP contribution in [0.15, 0.2) is 45.8 Å². The monoisotopic (exact) mass is 534 g/mol. The Balaban J connectivity index is 1.70. The molecule has 0 radical (unpaired) electrons. The Labute approximate surface area is 204 Å². The number of hydrogen-bond acceptors (Lipinski definition) is 7. The summed E-state index contributed by atoms with van der Waals surface area (Å²) >= 11 is 4.22. The summed E-state index contributed by atoms with van der Waals surface area (Å²) < 4.78 is 17.0. The van der Waals surface area contributed by atoms with Crippen molar-refractivity contribution in [3.05, 3.63) is 51.3 Å². The van der Waals surface area contributed by atoms with Gasteiger partial charge in [0, 0.05) is 5.69 Å². The van der Waals surface area contributed by atoms with Gasteiger partial charge in [-0.3, -0.25) is 19.3 Å². The summed E-state index contributed by atoms with van der Waals surface area (Å²) in [7, 11) is 1.52. The number of amides is 3. The SMILES string of the molecule is CCOc1ccc(NC(=O)CN2C(=O)S/C(=C/c3cc(Br)c(OCC)c(OC)c3)C2=O)cc1. The molecule has 174 valence electrons. The van der Waals surface area contributed by atoms with Crippen LogP contribution in [0.2, 0.25) is 0 Å². The van der Waals surface area contributed by atoms with Gasteiger partial charge in [-0.15, -0.1) is 0 Å². The largest absolute Gasteiger partial charge is 0.494 e. The topological polar surface area (TPSA) is 94.2 Å². The summed E-state index contributed by atoms with van der Waals surface area (Å²) in [5.41, 5.74) is 1.18. The lowest BCUT2D eigenvalue weighted by atomic mass is 10.2. The van der Waals surface area contributed by atoms with Gasteiger partial charge in [0.1, 0.15) is 12.3 Å². The summed E-state index contributed by atoms with van der Waals surface area (Å²) in [6.07, 6.45) is 1.58. The fraction of sp³-hybridized carbons (Fsp3) is 0.261. The minimum absolute atomic E-state index is 0.215. The fourth-order valence-corrected chi connectivity index (χ4v) is 4.45. The first-order valence-corrected chi connectivity index (χ1v) is 11.8. The lowest BCUT2D eigenvalue weighted by molar-refractivity contribution is -0.127. The molecule has 8 nitrogen and oxygen atoms in total. The minimum atomic E-state index is -0.532. The maximum absolute atomic E-state index is 12.8. The van der Waals surface area contributed by atoms with Gasteiger partial charge < -0.3 is 19.5 Å². The van der Waals surface area contributed by atoms with Crippen LogP contribution in [0.5, 0.6) is 17.2 Å². The highest BCUT2D eigenvalue weighted by Crippen LogP contribution is 2.39. The number of carbonyl (C=O) groups excluding carboxylic acids is 3. The van der Waals surface area contributed by atoms with Crippen LogP contribution in [0.1, 0.15) is 19.4 Å². The van der Waals surface area contributed by atoms with Crippen LogP contribution in [0.3, 0.4) is 0 Å². The Bertz CT molecular complexity index is 1090. The summed E-state index contributed by atoms with van der Waals surface area (Å²) in [5, 5.41) is 2.17. The van der Waals surface area contributed by atoms with Crippen LogP contribution >= 0.6 is 27.7 Å². The van der Waals surface area contributed by atoms with Crippen LogP contribution in [0.4, 0.5) is 10.5 Å². The number of methoxy groups -OCH3 is 1. The molecular weight excluding hydrogens is 512 g/mol. The highest BCUT2D eigenvalue weighted by Gasteiger charge is 2.36. The number of anilines is 1. The van der Waals surface area contributed by atoms with E-state index in [1.54, 1.807) is 42.5 Å². The Hall–Kier alpha value is -2.98. The van der Waals surface area contributed by atoms with Gasteiger partial charge in [0.15, 0.2) is 11.5 Å². The minimum Gasteiger partial charge on any atom is -0.494 e.